The molecule has 0 aromatic carbocycles. The van der Waals surface area contributed by atoms with E-state index in [0.29, 0.717) is 52.1 Å². The Balaban J connectivity index is 1.50. The lowest BCUT2D eigenvalue weighted by Gasteiger charge is -2.33. The largest absolute Gasteiger partial charge is 0.396 e. The van der Waals surface area contributed by atoms with Crippen molar-refractivity contribution in [2.75, 3.05) is 59.1 Å². The monoisotopic (exact) mass is 452 g/mol. The summed E-state index contributed by atoms with van der Waals surface area (Å²) < 4.78 is 11.7. The lowest BCUT2D eigenvalue weighted by atomic mass is 9.70. The van der Waals surface area contributed by atoms with Gasteiger partial charge in [0.2, 0.25) is 17.7 Å². The van der Waals surface area contributed by atoms with Crippen LogP contribution < -0.4 is 10.6 Å². The summed E-state index contributed by atoms with van der Waals surface area (Å²) in [6.45, 7) is 6.99. The molecule has 10 heteroatoms. The zero-order valence-electron chi connectivity index (χ0n) is 18.9. The standard InChI is InChI=1S/C22H36N4O6/c1-2-6-23-19(28)16-15-4-5-22(32-15)17(16)21(30)26(8-3-12-27)18(22)20(29)24-7-9-25-10-13-31-14-11-25/h15-18,27H,2-14H2,1H3,(H,23,28)(H,24,29)/t15-,16+,17-,18?,22?/m0/s1. The fraction of sp³-hybridized carbons (Fsp3) is 0.864. The molecule has 4 saturated heterocycles. The van der Waals surface area contributed by atoms with E-state index in [2.05, 4.69) is 15.5 Å². The predicted molar refractivity (Wildman–Crippen MR) is 115 cm³/mol. The Kier molecular flexibility index (Phi) is 7.34. The Hall–Kier alpha value is -1.75. The molecule has 0 aromatic rings. The van der Waals surface area contributed by atoms with Crippen molar-refractivity contribution < 1.29 is 29.0 Å². The Bertz CT molecular complexity index is 715. The van der Waals surface area contributed by atoms with Gasteiger partial charge in [-0.3, -0.25) is 19.3 Å². The van der Waals surface area contributed by atoms with Crippen LogP contribution in [0.3, 0.4) is 0 Å². The second-order valence-electron chi connectivity index (χ2n) is 9.20. The maximum absolute atomic E-state index is 13.5. The number of likely N-dealkylation sites (tertiary alicyclic amines) is 1. The van der Waals surface area contributed by atoms with Crippen LogP contribution in [0.1, 0.15) is 32.6 Å². The number of morpholine rings is 1. The SMILES string of the molecule is CCCNC(=O)[C@@H]1[C@@H]2CCC3(O2)C(C(=O)NCCN2CCOCC2)N(CCCO)C(=O)[C@H]13. The fourth-order valence-corrected chi connectivity index (χ4v) is 5.86. The van der Waals surface area contributed by atoms with Crippen LogP contribution >= 0.6 is 0 Å². The first-order valence-electron chi connectivity index (χ1n) is 12.0. The van der Waals surface area contributed by atoms with Crippen LogP contribution in [0.5, 0.6) is 0 Å². The molecule has 0 saturated carbocycles. The topological polar surface area (TPSA) is 120 Å². The van der Waals surface area contributed by atoms with E-state index in [0.717, 1.165) is 19.5 Å². The van der Waals surface area contributed by atoms with Gasteiger partial charge in [0.1, 0.15) is 11.6 Å². The highest BCUT2D eigenvalue weighted by Crippen LogP contribution is 2.58. The van der Waals surface area contributed by atoms with E-state index in [1.165, 1.54) is 0 Å². The minimum atomic E-state index is -0.964. The number of carbonyl (C=O) groups excluding carboxylic acids is 3. The Morgan fingerprint density at radius 1 is 1.16 bits per heavy atom. The summed E-state index contributed by atoms with van der Waals surface area (Å²) in [6, 6.07) is -0.773. The Morgan fingerprint density at radius 2 is 1.91 bits per heavy atom. The number of rotatable bonds is 10. The van der Waals surface area contributed by atoms with Crippen molar-refractivity contribution in [2.45, 2.75) is 50.4 Å². The highest BCUT2D eigenvalue weighted by Gasteiger charge is 2.74. The maximum atomic E-state index is 13.5. The molecule has 4 aliphatic heterocycles. The van der Waals surface area contributed by atoms with Crippen molar-refractivity contribution in [3.63, 3.8) is 0 Å². The lowest BCUT2D eigenvalue weighted by molar-refractivity contribution is -0.142. The first-order valence-corrected chi connectivity index (χ1v) is 12.0. The zero-order valence-corrected chi connectivity index (χ0v) is 18.9. The van der Waals surface area contributed by atoms with Crippen LogP contribution in [-0.4, -0.2) is 109 Å². The van der Waals surface area contributed by atoms with Gasteiger partial charge in [-0.15, -0.1) is 0 Å². The van der Waals surface area contributed by atoms with Crippen molar-refractivity contribution >= 4 is 17.7 Å². The molecule has 1 spiro atoms. The van der Waals surface area contributed by atoms with Crippen LogP contribution in [-0.2, 0) is 23.9 Å². The molecule has 10 nitrogen and oxygen atoms in total. The van der Waals surface area contributed by atoms with Crippen LogP contribution in [0.25, 0.3) is 0 Å². The summed E-state index contributed by atoms with van der Waals surface area (Å²) >= 11 is 0. The van der Waals surface area contributed by atoms with Crippen molar-refractivity contribution in [2.24, 2.45) is 11.8 Å². The third-order valence-corrected chi connectivity index (χ3v) is 7.29. The molecule has 4 fully saturated rings. The molecule has 2 bridgehead atoms. The van der Waals surface area contributed by atoms with E-state index in [9.17, 15) is 19.5 Å². The summed E-state index contributed by atoms with van der Waals surface area (Å²) in [5, 5.41) is 15.3. The van der Waals surface area contributed by atoms with E-state index in [1.54, 1.807) is 4.90 Å². The predicted octanol–water partition coefficient (Wildman–Crippen LogP) is -1.28. The summed E-state index contributed by atoms with van der Waals surface area (Å²) in [6.07, 6.45) is 2.11. The highest BCUT2D eigenvalue weighted by atomic mass is 16.5. The minimum Gasteiger partial charge on any atom is -0.396 e. The van der Waals surface area contributed by atoms with Gasteiger partial charge in [-0.25, -0.2) is 0 Å². The summed E-state index contributed by atoms with van der Waals surface area (Å²) in [7, 11) is 0. The van der Waals surface area contributed by atoms with Gasteiger partial charge >= 0.3 is 0 Å². The number of aliphatic hydroxyl groups excluding tert-OH is 1. The van der Waals surface area contributed by atoms with E-state index in [1.807, 2.05) is 6.92 Å². The van der Waals surface area contributed by atoms with Crippen molar-refractivity contribution in [3.05, 3.63) is 0 Å². The number of nitrogens with one attached hydrogen (secondary N) is 2. The maximum Gasteiger partial charge on any atom is 0.245 e. The molecule has 3 amide bonds. The molecule has 0 radical (unpaired) electrons. The normalized spacial score (nSPS) is 34.1. The number of carbonyl (C=O) groups is 3. The first kappa shape index (κ1) is 23.4. The van der Waals surface area contributed by atoms with Gasteiger partial charge in [-0.1, -0.05) is 6.92 Å². The minimum absolute atomic E-state index is 0.0727. The Labute approximate surface area is 189 Å². The molecule has 0 aromatic heterocycles. The van der Waals surface area contributed by atoms with Crippen LogP contribution in [0.15, 0.2) is 0 Å². The number of amides is 3. The molecular formula is C22H36N4O6. The van der Waals surface area contributed by atoms with Crippen molar-refractivity contribution in [3.8, 4) is 0 Å². The molecule has 2 unspecified atom stereocenters. The van der Waals surface area contributed by atoms with Gasteiger partial charge in [0.25, 0.3) is 0 Å². The van der Waals surface area contributed by atoms with Crippen LogP contribution in [0, 0.1) is 11.8 Å². The lowest BCUT2D eigenvalue weighted by Crippen LogP contribution is -2.56. The van der Waals surface area contributed by atoms with E-state index in [-0.39, 0.29) is 37.0 Å². The number of nitrogens with zero attached hydrogens (tertiary/aromatic N) is 2. The molecule has 4 aliphatic rings. The van der Waals surface area contributed by atoms with Crippen molar-refractivity contribution in [1.82, 2.24) is 20.4 Å². The van der Waals surface area contributed by atoms with E-state index < -0.39 is 23.5 Å². The van der Waals surface area contributed by atoms with Crippen LogP contribution in [0.2, 0.25) is 0 Å². The average Bonchev–Trinajstić information content (AvgIpc) is 3.44. The molecule has 4 heterocycles. The quantitative estimate of drug-likeness (QED) is 0.378. The van der Waals surface area contributed by atoms with Gasteiger partial charge < -0.3 is 30.1 Å². The number of hydrogen-bond acceptors (Lipinski definition) is 7. The summed E-state index contributed by atoms with van der Waals surface area (Å²) in [4.78, 5) is 43.6. The average molecular weight is 453 g/mol. The third kappa shape index (κ3) is 4.13. The van der Waals surface area contributed by atoms with Gasteiger partial charge in [-0.05, 0) is 25.7 Å². The second kappa shape index (κ2) is 10.0. The molecule has 3 N–H and O–H groups in total. The highest BCUT2D eigenvalue weighted by molar-refractivity contribution is 5.98. The fourth-order valence-electron chi connectivity index (χ4n) is 5.86. The van der Waals surface area contributed by atoms with Gasteiger partial charge in [-0.2, -0.15) is 0 Å². The molecule has 180 valence electrons. The molecule has 32 heavy (non-hydrogen) atoms. The summed E-state index contributed by atoms with van der Waals surface area (Å²) in [5.41, 5.74) is -0.964. The van der Waals surface area contributed by atoms with Gasteiger partial charge in [0, 0.05) is 45.9 Å². The molecule has 5 atom stereocenters. The Morgan fingerprint density at radius 3 is 2.62 bits per heavy atom. The molecule has 0 aliphatic carbocycles. The van der Waals surface area contributed by atoms with Crippen LogP contribution in [0.4, 0.5) is 0 Å². The molecule has 4 rings (SSSR count). The molecular weight excluding hydrogens is 416 g/mol. The number of aliphatic hydroxyl groups is 1. The zero-order chi connectivity index (χ0) is 22.7. The smallest absolute Gasteiger partial charge is 0.245 e. The second-order valence-corrected chi connectivity index (χ2v) is 9.20. The van der Waals surface area contributed by atoms with E-state index >= 15 is 0 Å². The van der Waals surface area contributed by atoms with Crippen molar-refractivity contribution in [1.29, 1.82) is 0 Å². The third-order valence-electron chi connectivity index (χ3n) is 7.29. The van der Waals surface area contributed by atoms with Gasteiger partial charge in [0.15, 0.2) is 0 Å². The first-order chi connectivity index (χ1) is 15.5. The number of ether oxygens (including phenoxy) is 2. The van der Waals surface area contributed by atoms with Gasteiger partial charge in [0.05, 0.1) is 31.2 Å². The van der Waals surface area contributed by atoms with E-state index in [4.69, 9.17) is 9.47 Å². The summed E-state index contributed by atoms with van der Waals surface area (Å²) in [5.74, 6) is -1.81. The number of fused-ring (bicyclic) bond motifs is 1. The number of hydrogen-bond donors (Lipinski definition) is 3.